The number of ether oxygens (including phenoxy) is 3. The summed E-state index contributed by atoms with van der Waals surface area (Å²) >= 11 is 3.49. The number of hydrogen-bond donors (Lipinski definition) is 0. The van der Waals surface area contributed by atoms with Crippen molar-refractivity contribution in [2.45, 2.75) is 26.7 Å². The molecule has 0 saturated carbocycles. The third kappa shape index (κ3) is 6.44. The fourth-order valence-electron chi connectivity index (χ4n) is 1.85. The first kappa shape index (κ1) is 19.2. The third-order valence-corrected chi connectivity index (χ3v) is 4.38. The van der Waals surface area contributed by atoms with E-state index in [1.165, 1.54) is 7.11 Å². The van der Waals surface area contributed by atoms with Gasteiger partial charge in [-0.05, 0) is 37.1 Å². The van der Waals surface area contributed by atoms with Gasteiger partial charge in [-0.15, -0.1) is 0 Å². The maximum absolute atomic E-state index is 11.6. The fourth-order valence-corrected chi connectivity index (χ4v) is 2.08. The summed E-state index contributed by atoms with van der Waals surface area (Å²) in [6.45, 7) is 7.84. The van der Waals surface area contributed by atoms with Crippen LogP contribution in [0.25, 0.3) is 0 Å². The summed E-state index contributed by atoms with van der Waals surface area (Å²) in [5.74, 6) is -0.159. The molecule has 0 unspecified atom stereocenters. The fraction of sp³-hybridized carbons (Fsp3) is 0.412. The molecule has 0 amide bonds. The van der Waals surface area contributed by atoms with E-state index >= 15 is 0 Å². The zero-order valence-corrected chi connectivity index (χ0v) is 15.2. The van der Waals surface area contributed by atoms with Gasteiger partial charge < -0.3 is 14.2 Å². The summed E-state index contributed by atoms with van der Waals surface area (Å²) in [4.78, 5) is 22.7. The lowest BCUT2D eigenvalue weighted by Crippen LogP contribution is -2.13. The van der Waals surface area contributed by atoms with E-state index in [1.807, 2.05) is 26.0 Å². The summed E-state index contributed by atoms with van der Waals surface area (Å²) in [7, 11) is 1.28. The predicted octanol–water partition coefficient (Wildman–Crippen LogP) is 3.50. The second-order valence-electron chi connectivity index (χ2n) is 5.04. The average molecular weight is 385 g/mol. The van der Waals surface area contributed by atoms with Gasteiger partial charge in [0.1, 0.15) is 5.75 Å². The molecule has 0 bridgehead atoms. The maximum Gasteiger partial charge on any atom is 0.333 e. The Hall–Kier alpha value is -1.82. The number of benzene rings is 1. The van der Waals surface area contributed by atoms with Gasteiger partial charge in [-0.25, -0.2) is 4.79 Å². The van der Waals surface area contributed by atoms with Gasteiger partial charge in [0, 0.05) is 16.5 Å². The topological polar surface area (TPSA) is 61.8 Å². The highest BCUT2D eigenvalue weighted by atomic mass is 79.9. The lowest BCUT2D eigenvalue weighted by Gasteiger charge is -2.10. The van der Waals surface area contributed by atoms with Crippen molar-refractivity contribution in [2.24, 2.45) is 0 Å². The second-order valence-corrected chi connectivity index (χ2v) is 5.83. The van der Waals surface area contributed by atoms with Gasteiger partial charge >= 0.3 is 11.9 Å². The van der Waals surface area contributed by atoms with E-state index in [2.05, 4.69) is 27.2 Å². The highest BCUT2D eigenvalue weighted by Gasteiger charge is 2.09. The molecule has 6 heteroatoms. The molecule has 0 aliphatic carbocycles. The van der Waals surface area contributed by atoms with Crippen molar-refractivity contribution in [3.63, 3.8) is 0 Å². The van der Waals surface area contributed by atoms with Crippen LogP contribution >= 0.6 is 15.9 Å². The summed E-state index contributed by atoms with van der Waals surface area (Å²) in [5, 5.41) is 0. The Morgan fingerprint density at radius 2 is 1.74 bits per heavy atom. The molecule has 1 aromatic carbocycles. The smallest absolute Gasteiger partial charge is 0.333 e. The number of carbonyl (C=O) groups is 2. The quantitative estimate of drug-likeness (QED) is 0.506. The Kier molecular flexibility index (Phi) is 7.81. The van der Waals surface area contributed by atoms with Crippen LogP contribution in [0.1, 0.15) is 24.0 Å². The van der Waals surface area contributed by atoms with Crippen molar-refractivity contribution in [3.8, 4) is 5.75 Å². The van der Waals surface area contributed by atoms with Gasteiger partial charge in [0.05, 0.1) is 26.7 Å². The normalized spacial score (nSPS) is 10.1. The monoisotopic (exact) mass is 384 g/mol. The van der Waals surface area contributed by atoms with Crippen LogP contribution in [0.15, 0.2) is 28.8 Å². The van der Waals surface area contributed by atoms with Crippen molar-refractivity contribution in [1.29, 1.82) is 0 Å². The molecular formula is C17H21BrO5. The van der Waals surface area contributed by atoms with Gasteiger partial charge in [-0.3, -0.25) is 4.79 Å². The van der Waals surface area contributed by atoms with Crippen LogP contribution in [0.3, 0.4) is 0 Å². The molecule has 23 heavy (non-hydrogen) atoms. The molecule has 1 aromatic rings. The van der Waals surface area contributed by atoms with Crippen molar-refractivity contribution in [3.05, 3.63) is 39.9 Å². The first-order valence-electron chi connectivity index (χ1n) is 7.16. The summed E-state index contributed by atoms with van der Waals surface area (Å²) in [6.07, 6.45) is 0.392. The molecule has 0 heterocycles. The van der Waals surface area contributed by atoms with Crippen molar-refractivity contribution in [2.75, 3.05) is 20.3 Å². The zero-order valence-electron chi connectivity index (χ0n) is 13.6. The molecule has 1 rings (SSSR count). The lowest BCUT2D eigenvalue weighted by atomic mass is 10.1. The summed E-state index contributed by atoms with van der Waals surface area (Å²) < 4.78 is 16.1. The molecule has 0 N–H and O–H groups in total. The Labute approximate surface area is 144 Å². The molecule has 0 saturated heterocycles. The highest BCUT2D eigenvalue weighted by molar-refractivity contribution is 9.10. The van der Waals surface area contributed by atoms with Gasteiger partial charge in [-0.1, -0.05) is 22.5 Å². The number of rotatable bonds is 8. The second kappa shape index (κ2) is 9.35. The number of methoxy groups -OCH3 is 1. The Morgan fingerprint density at radius 3 is 2.30 bits per heavy atom. The van der Waals surface area contributed by atoms with E-state index in [-0.39, 0.29) is 37.6 Å². The first-order valence-corrected chi connectivity index (χ1v) is 7.95. The molecular weight excluding hydrogens is 364 g/mol. The number of carbonyl (C=O) groups excluding carboxylic acids is 2. The first-order chi connectivity index (χ1) is 10.8. The van der Waals surface area contributed by atoms with E-state index < -0.39 is 5.97 Å². The molecule has 0 spiro atoms. The van der Waals surface area contributed by atoms with E-state index in [0.29, 0.717) is 0 Å². The minimum absolute atomic E-state index is 0.100. The van der Waals surface area contributed by atoms with Crippen LogP contribution in [0.2, 0.25) is 0 Å². The molecule has 5 nitrogen and oxygen atoms in total. The average Bonchev–Trinajstić information content (AvgIpc) is 2.51. The molecule has 126 valence electrons. The Morgan fingerprint density at radius 1 is 1.13 bits per heavy atom. The SMILES string of the molecule is C=C(CCOC(=O)CCOc1cc(C)c(Br)c(C)c1)C(=O)OC. The zero-order chi connectivity index (χ0) is 17.4. The van der Waals surface area contributed by atoms with Gasteiger partial charge in [-0.2, -0.15) is 0 Å². The van der Waals surface area contributed by atoms with Crippen LogP contribution < -0.4 is 4.74 Å². The van der Waals surface area contributed by atoms with Gasteiger partial charge in [0.15, 0.2) is 0 Å². The third-order valence-electron chi connectivity index (χ3n) is 3.13. The number of halogens is 1. The standard InChI is InChI=1S/C17H21BrO5/c1-11(17(20)21-4)5-7-23-15(19)6-8-22-14-9-12(2)16(18)13(3)10-14/h9-10H,1,5-8H2,2-4H3. The predicted molar refractivity (Wildman–Crippen MR) is 90.5 cm³/mol. The van der Waals surface area contributed by atoms with Crippen molar-refractivity contribution >= 4 is 27.9 Å². The van der Waals surface area contributed by atoms with E-state index in [9.17, 15) is 9.59 Å². The Balaban J connectivity index is 2.29. The van der Waals surface area contributed by atoms with E-state index in [0.717, 1.165) is 21.3 Å². The number of aryl methyl sites for hydroxylation is 2. The molecule has 0 atom stereocenters. The van der Waals surface area contributed by atoms with Crippen molar-refractivity contribution in [1.82, 2.24) is 0 Å². The summed E-state index contributed by atoms with van der Waals surface area (Å²) in [5.41, 5.74) is 2.42. The molecule has 0 aliphatic heterocycles. The molecule has 0 radical (unpaired) electrons. The van der Waals surface area contributed by atoms with Gasteiger partial charge in [0.25, 0.3) is 0 Å². The molecule has 0 fully saturated rings. The molecule has 0 aliphatic rings. The minimum Gasteiger partial charge on any atom is -0.493 e. The van der Waals surface area contributed by atoms with Crippen LogP contribution in [0, 0.1) is 13.8 Å². The molecule has 0 aromatic heterocycles. The number of hydrogen-bond acceptors (Lipinski definition) is 5. The Bertz CT molecular complexity index is 572. The summed E-state index contributed by atoms with van der Waals surface area (Å²) in [6, 6.07) is 3.81. The van der Waals surface area contributed by atoms with E-state index in [4.69, 9.17) is 9.47 Å². The minimum atomic E-state index is -0.495. The largest absolute Gasteiger partial charge is 0.493 e. The van der Waals surface area contributed by atoms with Crippen LogP contribution in [0.5, 0.6) is 5.75 Å². The van der Waals surface area contributed by atoms with Crippen molar-refractivity contribution < 1.29 is 23.8 Å². The lowest BCUT2D eigenvalue weighted by molar-refractivity contribution is -0.145. The van der Waals surface area contributed by atoms with Gasteiger partial charge in [0.2, 0.25) is 0 Å². The van der Waals surface area contributed by atoms with Crippen LogP contribution in [-0.4, -0.2) is 32.3 Å². The van der Waals surface area contributed by atoms with Crippen LogP contribution in [-0.2, 0) is 19.1 Å². The van der Waals surface area contributed by atoms with Crippen LogP contribution in [0.4, 0.5) is 0 Å². The number of esters is 2. The highest BCUT2D eigenvalue weighted by Crippen LogP contribution is 2.26. The van der Waals surface area contributed by atoms with E-state index in [1.54, 1.807) is 0 Å². The maximum atomic E-state index is 11.6.